The smallest absolute Gasteiger partial charge is 0.123 e. The number of ether oxygens (including phenoxy) is 2. The number of aliphatic hydroxyl groups is 1. The molecular weight excluding hydrogens is 285 g/mol. The molecule has 1 saturated carbocycles. The van der Waals surface area contributed by atoms with Crippen molar-refractivity contribution in [3.8, 4) is 5.75 Å². The first-order valence-electron chi connectivity index (χ1n) is 8.11. The minimum atomic E-state index is -0.493. The lowest BCUT2D eigenvalue weighted by Crippen LogP contribution is -2.38. The monoisotopic (exact) mass is 311 g/mol. The zero-order chi connectivity index (χ0) is 15.6. The Hall–Kier alpha value is -1.17. The van der Waals surface area contributed by atoms with Gasteiger partial charge in [0.1, 0.15) is 18.2 Å². The predicted molar refractivity (Wildman–Crippen MR) is 83.6 cm³/mol. The number of benzene rings is 1. The molecule has 1 aromatic carbocycles. The van der Waals surface area contributed by atoms with E-state index in [1.807, 2.05) is 0 Å². The van der Waals surface area contributed by atoms with Gasteiger partial charge in [-0.15, -0.1) is 0 Å². The summed E-state index contributed by atoms with van der Waals surface area (Å²) in [6, 6.07) is 6.43. The molecule has 0 aliphatic heterocycles. The molecular formula is C17H26FNO3. The third-order valence-corrected chi connectivity index (χ3v) is 3.87. The summed E-state index contributed by atoms with van der Waals surface area (Å²) in [5.74, 6) is 0.335. The third-order valence-electron chi connectivity index (χ3n) is 3.87. The van der Waals surface area contributed by atoms with Gasteiger partial charge in [-0.3, -0.25) is 0 Å². The van der Waals surface area contributed by atoms with Crippen molar-refractivity contribution in [2.75, 3.05) is 26.4 Å². The van der Waals surface area contributed by atoms with E-state index in [1.54, 1.807) is 12.1 Å². The Morgan fingerprint density at radius 1 is 1.14 bits per heavy atom. The van der Waals surface area contributed by atoms with E-state index in [0.717, 1.165) is 0 Å². The van der Waals surface area contributed by atoms with Gasteiger partial charge in [-0.05, 0) is 37.1 Å². The highest BCUT2D eigenvalue weighted by Gasteiger charge is 2.14. The average Bonchev–Trinajstić information content (AvgIpc) is 2.55. The fourth-order valence-electron chi connectivity index (χ4n) is 2.64. The lowest BCUT2D eigenvalue weighted by molar-refractivity contribution is 0.0235. The molecule has 4 nitrogen and oxygen atoms in total. The highest BCUT2D eigenvalue weighted by atomic mass is 19.1. The SMILES string of the molecule is O[C@@H](CNC1CCCCC1)COCCOc1ccc(F)cc1. The van der Waals surface area contributed by atoms with Crippen molar-refractivity contribution in [3.05, 3.63) is 30.1 Å². The minimum absolute atomic E-state index is 0.280. The van der Waals surface area contributed by atoms with Gasteiger partial charge in [0.05, 0.1) is 19.3 Å². The Morgan fingerprint density at radius 3 is 2.59 bits per heavy atom. The molecule has 0 amide bonds. The summed E-state index contributed by atoms with van der Waals surface area (Å²) < 4.78 is 23.5. The summed E-state index contributed by atoms with van der Waals surface area (Å²) in [5, 5.41) is 13.3. The molecule has 1 fully saturated rings. The topological polar surface area (TPSA) is 50.7 Å². The number of hydrogen-bond donors (Lipinski definition) is 2. The number of hydrogen-bond acceptors (Lipinski definition) is 4. The zero-order valence-electron chi connectivity index (χ0n) is 13.0. The van der Waals surface area contributed by atoms with Crippen LogP contribution in [0.15, 0.2) is 24.3 Å². The van der Waals surface area contributed by atoms with Crippen LogP contribution in [0.1, 0.15) is 32.1 Å². The predicted octanol–water partition coefficient (Wildman–Crippen LogP) is 2.50. The molecule has 1 aliphatic rings. The first-order valence-corrected chi connectivity index (χ1v) is 8.11. The number of rotatable bonds is 9. The fraction of sp³-hybridized carbons (Fsp3) is 0.647. The third kappa shape index (κ3) is 6.73. The van der Waals surface area contributed by atoms with Gasteiger partial charge in [-0.2, -0.15) is 0 Å². The molecule has 0 aromatic heterocycles. The average molecular weight is 311 g/mol. The van der Waals surface area contributed by atoms with Crippen LogP contribution in [-0.2, 0) is 4.74 Å². The summed E-state index contributed by atoms with van der Waals surface area (Å²) in [7, 11) is 0. The Kier molecular flexibility index (Phi) is 7.63. The van der Waals surface area contributed by atoms with Crippen LogP contribution >= 0.6 is 0 Å². The molecule has 5 heteroatoms. The first-order chi connectivity index (χ1) is 10.7. The van der Waals surface area contributed by atoms with Crippen molar-refractivity contribution in [2.24, 2.45) is 0 Å². The van der Waals surface area contributed by atoms with E-state index in [0.29, 0.717) is 38.2 Å². The van der Waals surface area contributed by atoms with Gasteiger partial charge in [0.2, 0.25) is 0 Å². The second-order valence-corrected chi connectivity index (χ2v) is 5.77. The Balaban J connectivity index is 1.48. The van der Waals surface area contributed by atoms with Crippen molar-refractivity contribution in [1.29, 1.82) is 0 Å². The highest BCUT2D eigenvalue weighted by Crippen LogP contribution is 2.17. The van der Waals surface area contributed by atoms with Gasteiger partial charge in [0, 0.05) is 12.6 Å². The fourth-order valence-corrected chi connectivity index (χ4v) is 2.64. The van der Waals surface area contributed by atoms with Crippen molar-refractivity contribution in [3.63, 3.8) is 0 Å². The number of nitrogens with one attached hydrogen (secondary N) is 1. The summed E-state index contributed by atoms with van der Waals surface area (Å²) in [6.07, 6.45) is 5.82. The standard InChI is InChI=1S/C17H26FNO3/c18-14-6-8-17(9-7-14)22-11-10-21-13-16(20)12-19-15-4-2-1-3-5-15/h6-9,15-16,19-20H,1-5,10-13H2/t16-/m0/s1. The normalized spacial score (nSPS) is 17.4. The maximum Gasteiger partial charge on any atom is 0.123 e. The lowest BCUT2D eigenvalue weighted by atomic mass is 9.95. The first kappa shape index (κ1) is 17.2. The molecule has 2 rings (SSSR count). The maximum absolute atomic E-state index is 12.7. The number of halogens is 1. The molecule has 0 bridgehead atoms. The Morgan fingerprint density at radius 2 is 1.86 bits per heavy atom. The Bertz CT molecular complexity index is 407. The van der Waals surface area contributed by atoms with Crippen molar-refractivity contribution in [1.82, 2.24) is 5.32 Å². The molecule has 0 radical (unpaired) electrons. The van der Waals surface area contributed by atoms with E-state index in [1.165, 1.54) is 44.2 Å². The van der Waals surface area contributed by atoms with E-state index < -0.39 is 6.10 Å². The maximum atomic E-state index is 12.7. The molecule has 0 saturated heterocycles. The lowest BCUT2D eigenvalue weighted by Gasteiger charge is -2.24. The molecule has 1 atom stereocenters. The Labute approximate surface area is 131 Å². The molecule has 22 heavy (non-hydrogen) atoms. The van der Waals surface area contributed by atoms with Crippen molar-refractivity contribution in [2.45, 2.75) is 44.2 Å². The van der Waals surface area contributed by atoms with Crippen LogP contribution in [0.2, 0.25) is 0 Å². The molecule has 1 aromatic rings. The van der Waals surface area contributed by atoms with Crippen LogP contribution in [0.4, 0.5) is 4.39 Å². The van der Waals surface area contributed by atoms with Crippen LogP contribution in [0.3, 0.4) is 0 Å². The van der Waals surface area contributed by atoms with Gasteiger partial charge in [-0.25, -0.2) is 4.39 Å². The summed E-state index contributed by atoms with van der Waals surface area (Å²) in [5.41, 5.74) is 0. The minimum Gasteiger partial charge on any atom is -0.491 e. The van der Waals surface area contributed by atoms with Gasteiger partial charge >= 0.3 is 0 Å². The van der Waals surface area contributed by atoms with E-state index >= 15 is 0 Å². The second-order valence-electron chi connectivity index (χ2n) is 5.77. The summed E-state index contributed by atoms with van der Waals surface area (Å²) >= 11 is 0. The zero-order valence-corrected chi connectivity index (χ0v) is 13.0. The van der Waals surface area contributed by atoms with Crippen LogP contribution in [0.5, 0.6) is 5.75 Å². The van der Waals surface area contributed by atoms with Crippen molar-refractivity contribution < 1.29 is 19.0 Å². The van der Waals surface area contributed by atoms with Gasteiger partial charge in [0.15, 0.2) is 0 Å². The molecule has 0 heterocycles. The molecule has 124 valence electrons. The largest absolute Gasteiger partial charge is 0.491 e. The molecule has 0 spiro atoms. The van der Waals surface area contributed by atoms with E-state index in [4.69, 9.17) is 9.47 Å². The van der Waals surface area contributed by atoms with Crippen LogP contribution in [0.25, 0.3) is 0 Å². The molecule has 0 unspecified atom stereocenters. The molecule has 2 N–H and O–H groups in total. The van der Waals surface area contributed by atoms with Crippen LogP contribution < -0.4 is 10.1 Å². The van der Waals surface area contributed by atoms with Crippen molar-refractivity contribution >= 4 is 0 Å². The summed E-state index contributed by atoms with van der Waals surface area (Å²) in [6.45, 7) is 1.66. The van der Waals surface area contributed by atoms with E-state index in [2.05, 4.69) is 5.32 Å². The van der Waals surface area contributed by atoms with Gasteiger partial charge in [-0.1, -0.05) is 19.3 Å². The van der Waals surface area contributed by atoms with Gasteiger partial charge in [0.25, 0.3) is 0 Å². The van der Waals surface area contributed by atoms with Crippen LogP contribution in [-0.4, -0.2) is 43.6 Å². The quantitative estimate of drug-likeness (QED) is 0.688. The van der Waals surface area contributed by atoms with E-state index in [-0.39, 0.29) is 5.82 Å². The van der Waals surface area contributed by atoms with Crippen LogP contribution in [0, 0.1) is 5.82 Å². The number of aliphatic hydroxyl groups excluding tert-OH is 1. The highest BCUT2D eigenvalue weighted by molar-refractivity contribution is 5.21. The summed E-state index contributed by atoms with van der Waals surface area (Å²) in [4.78, 5) is 0. The van der Waals surface area contributed by atoms with E-state index in [9.17, 15) is 9.50 Å². The molecule has 1 aliphatic carbocycles. The second kappa shape index (κ2) is 9.77. The van der Waals surface area contributed by atoms with Gasteiger partial charge < -0.3 is 19.9 Å².